The second-order valence-corrected chi connectivity index (χ2v) is 9.60. The number of nitrogens with zero attached hydrogens (tertiary/aromatic N) is 2. The summed E-state index contributed by atoms with van der Waals surface area (Å²) in [4.78, 5) is 7.02. The summed E-state index contributed by atoms with van der Waals surface area (Å²) in [6, 6.07) is 0.453. The fourth-order valence-electron chi connectivity index (χ4n) is 5.67. The first kappa shape index (κ1) is 20.4. The summed E-state index contributed by atoms with van der Waals surface area (Å²) >= 11 is 0. The summed E-state index contributed by atoms with van der Waals surface area (Å²) in [5, 5.41) is 3.80. The average Bonchev–Trinajstić information content (AvgIpc) is 2.74. The van der Waals surface area contributed by atoms with Gasteiger partial charge in [-0.2, -0.15) is 0 Å². The second kappa shape index (κ2) is 8.88. The molecule has 0 aromatic rings. The standard InChI is InChI=1S/C22H39N3O3/c1-22(2)19(18-8-6-14-27-20(18)22)24-21(23-3)25-11-9-16(10-12-25)28-15-17-7-4-5-13-26-17/h16-20H,4-15H2,1-3H3,(H,23,24). The maximum atomic E-state index is 6.17. The summed E-state index contributed by atoms with van der Waals surface area (Å²) in [5.74, 6) is 1.67. The van der Waals surface area contributed by atoms with E-state index in [1.165, 1.54) is 25.7 Å². The Morgan fingerprint density at radius 2 is 1.86 bits per heavy atom. The van der Waals surface area contributed by atoms with E-state index in [2.05, 4.69) is 29.1 Å². The zero-order valence-electron chi connectivity index (χ0n) is 18.0. The van der Waals surface area contributed by atoms with E-state index in [0.29, 0.717) is 30.3 Å². The Labute approximate surface area is 170 Å². The molecule has 3 heterocycles. The number of fused-ring (bicyclic) bond motifs is 1. The summed E-state index contributed by atoms with van der Waals surface area (Å²) in [6.07, 6.45) is 9.28. The van der Waals surface area contributed by atoms with E-state index in [9.17, 15) is 0 Å². The van der Waals surface area contributed by atoms with E-state index < -0.39 is 0 Å². The first-order valence-electron chi connectivity index (χ1n) is 11.4. The highest BCUT2D eigenvalue weighted by Crippen LogP contribution is 2.51. The Bertz CT molecular complexity index is 539. The molecule has 6 nitrogen and oxygen atoms in total. The van der Waals surface area contributed by atoms with Crippen molar-refractivity contribution in [2.75, 3.05) is 40.0 Å². The van der Waals surface area contributed by atoms with Crippen molar-refractivity contribution >= 4 is 5.96 Å². The van der Waals surface area contributed by atoms with Crippen LogP contribution in [-0.4, -0.2) is 75.2 Å². The van der Waals surface area contributed by atoms with Crippen LogP contribution in [0.25, 0.3) is 0 Å². The number of guanidine groups is 1. The molecule has 0 amide bonds. The number of ether oxygens (including phenoxy) is 3. The van der Waals surface area contributed by atoms with Crippen LogP contribution in [0.2, 0.25) is 0 Å². The predicted molar refractivity (Wildman–Crippen MR) is 111 cm³/mol. The van der Waals surface area contributed by atoms with Gasteiger partial charge in [-0.1, -0.05) is 13.8 Å². The van der Waals surface area contributed by atoms with Gasteiger partial charge in [-0.3, -0.25) is 4.99 Å². The molecule has 0 aromatic heterocycles. The van der Waals surface area contributed by atoms with Crippen LogP contribution in [0.5, 0.6) is 0 Å². The van der Waals surface area contributed by atoms with Gasteiger partial charge in [0.05, 0.1) is 24.9 Å². The van der Waals surface area contributed by atoms with Gasteiger partial charge in [-0.25, -0.2) is 0 Å². The fourth-order valence-corrected chi connectivity index (χ4v) is 5.67. The minimum Gasteiger partial charge on any atom is -0.377 e. The molecule has 4 aliphatic rings. The molecule has 1 N–H and O–H groups in total. The number of piperidine rings is 1. The summed E-state index contributed by atoms with van der Waals surface area (Å²) in [6.45, 7) is 9.26. The Morgan fingerprint density at radius 1 is 1.07 bits per heavy atom. The van der Waals surface area contributed by atoms with E-state index in [-0.39, 0.29) is 5.41 Å². The lowest BCUT2D eigenvalue weighted by Gasteiger charge is -2.60. The molecule has 4 atom stereocenters. The number of hydrogen-bond acceptors (Lipinski definition) is 4. The fraction of sp³-hybridized carbons (Fsp3) is 0.955. The number of rotatable bonds is 4. The van der Waals surface area contributed by atoms with Crippen molar-refractivity contribution in [1.29, 1.82) is 0 Å². The molecule has 4 fully saturated rings. The highest BCUT2D eigenvalue weighted by atomic mass is 16.5. The third kappa shape index (κ3) is 4.19. The third-order valence-corrected chi connectivity index (χ3v) is 7.36. The molecule has 28 heavy (non-hydrogen) atoms. The van der Waals surface area contributed by atoms with Gasteiger partial charge >= 0.3 is 0 Å². The van der Waals surface area contributed by atoms with Gasteiger partial charge in [0.1, 0.15) is 0 Å². The Morgan fingerprint density at radius 3 is 2.57 bits per heavy atom. The second-order valence-electron chi connectivity index (χ2n) is 9.60. The van der Waals surface area contributed by atoms with Crippen LogP contribution in [-0.2, 0) is 14.2 Å². The Balaban J connectivity index is 1.24. The van der Waals surface area contributed by atoms with Crippen LogP contribution in [0.15, 0.2) is 4.99 Å². The van der Waals surface area contributed by atoms with Crippen molar-refractivity contribution in [3.8, 4) is 0 Å². The van der Waals surface area contributed by atoms with Gasteiger partial charge in [-0.15, -0.1) is 0 Å². The molecule has 4 unspecified atom stereocenters. The van der Waals surface area contributed by atoms with Crippen molar-refractivity contribution in [2.24, 2.45) is 16.3 Å². The third-order valence-electron chi connectivity index (χ3n) is 7.36. The molecule has 4 rings (SSSR count). The lowest BCUT2D eigenvalue weighted by Crippen LogP contribution is -2.71. The van der Waals surface area contributed by atoms with Gasteiger partial charge in [0.15, 0.2) is 5.96 Å². The number of aliphatic imine (C=N–C) groups is 1. The van der Waals surface area contributed by atoms with E-state index in [0.717, 1.165) is 58.1 Å². The monoisotopic (exact) mass is 393 g/mol. The van der Waals surface area contributed by atoms with Gasteiger partial charge in [-0.05, 0) is 44.9 Å². The maximum Gasteiger partial charge on any atom is 0.193 e. The number of nitrogens with one attached hydrogen (secondary N) is 1. The zero-order valence-corrected chi connectivity index (χ0v) is 18.0. The normalized spacial score (nSPS) is 36.5. The zero-order chi connectivity index (χ0) is 19.6. The molecule has 0 aromatic carbocycles. The van der Waals surface area contributed by atoms with E-state index in [1.54, 1.807) is 0 Å². The Hall–Kier alpha value is -0.850. The van der Waals surface area contributed by atoms with Gasteiger partial charge in [0, 0.05) is 50.7 Å². The van der Waals surface area contributed by atoms with Crippen LogP contribution < -0.4 is 5.32 Å². The first-order chi connectivity index (χ1) is 13.6. The first-order valence-corrected chi connectivity index (χ1v) is 11.4. The summed E-state index contributed by atoms with van der Waals surface area (Å²) in [7, 11) is 1.91. The van der Waals surface area contributed by atoms with Crippen LogP contribution in [0.1, 0.15) is 58.8 Å². The summed E-state index contributed by atoms with van der Waals surface area (Å²) in [5.41, 5.74) is 0.169. The average molecular weight is 394 g/mol. The predicted octanol–water partition coefficient (Wildman–Crippen LogP) is 2.82. The molecule has 0 radical (unpaired) electrons. The highest BCUT2D eigenvalue weighted by Gasteiger charge is 2.58. The lowest BCUT2D eigenvalue weighted by molar-refractivity contribution is -0.188. The molecule has 1 aliphatic carbocycles. The minimum absolute atomic E-state index is 0.169. The van der Waals surface area contributed by atoms with Crippen LogP contribution in [0.3, 0.4) is 0 Å². The molecular formula is C22H39N3O3. The molecule has 1 saturated carbocycles. The minimum atomic E-state index is 0.169. The molecule has 0 bridgehead atoms. The molecule has 3 saturated heterocycles. The molecule has 0 spiro atoms. The van der Waals surface area contributed by atoms with Crippen molar-refractivity contribution in [2.45, 2.75) is 83.1 Å². The van der Waals surface area contributed by atoms with E-state index >= 15 is 0 Å². The lowest BCUT2D eigenvalue weighted by atomic mass is 9.55. The molecular weight excluding hydrogens is 354 g/mol. The number of hydrogen-bond donors (Lipinski definition) is 1. The van der Waals surface area contributed by atoms with Gasteiger partial charge < -0.3 is 24.4 Å². The van der Waals surface area contributed by atoms with Crippen molar-refractivity contribution in [3.63, 3.8) is 0 Å². The smallest absolute Gasteiger partial charge is 0.193 e. The number of likely N-dealkylation sites (tertiary alicyclic amines) is 1. The topological polar surface area (TPSA) is 55.3 Å². The van der Waals surface area contributed by atoms with E-state index in [4.69, 9.17) is 14.2 Å². The molecule has 6 heteroatoms. The largest absolute Gasteiger partial charge is 0.377 e. The van der Waals surface area contributed by atoms with Crippen LogP contribution >= 0.6 is 0 Å². The Kier molecular flexibility index (Phi) is 6.48. The SMILES string of the molecule is CN=C(NC1C2CCCOC2C1(C)C)N1CCC(OCC2CCCCO2)CC1. The van der Waals surface area contributed by atoms with Crippen molar-refractivity contribution in [1.82, 2.24) is 10.2 Å². The maximum absolute atomic E-state index is 6.17. The van der Waals surface area contributed by atoms with Crippen molar-refractivity contribution in [3.05, 3.63) is 0 Å². The highest BCUT2D eigenvalue weighted by molar-refractivity contribution is 5.80. The van der Waals surface area contributed by atoms with Gasteiger partial charge in [0.25, 0.3) is 0 Å². The molecule has 3 aliphatic heterocycles. The van der Waals surface area contributed by atoms with Crippen molar-refractivity contribution < 1.29 is 14.2 Å². The van der Waals surface area contributed by atoms with Crippen LogP contribution in [0.4, 0.5) is 0 Å². The quantitative estimate of drug-likeness (QED) is 0.588. The van der Waals surface area contributed by atoms with E-state index in [1.807, 2.05) is 7.05 Å². The van der Waals surface area contributed by atoms with Gasteiger partial charge in [0.2, 0.25) is 0 Å². The summed E-state index contributed by atoms with van der Waals surface area (Å²) < 4.78 is 18.0. The molecule has 160 valence electrons. The van der Waals surface area contributed by atoms with Crippen LogP contribution in [0, 0.1) is 11.3 Å².